The molecule has 3 N–H and O–H groups in total. The number of hydrogen-bond acceptors (Lipinski definition) is 4. The van der Waals surface area contributed by atoms with Gasteiger partial charge in [-0.2, -0.15) is 0 Å². The molecule has 6 heteroatoms. The van der Waals surface area contributed by atoms with E-state index in [0.29, 0.717) is 18.0 Å². The topological polar surface area (TPSA) is 82.2 Å². The number of amides is 1. The fraction of sp³-hybridized carbons (Fsp3) is 0.231. The van der Waals surface area contributed by atoms with E-state index in [4.69, 9.17) is 10.5 Å². The number of anilines is 1. The van der Waals surface area contributed by atoms with Gasteiger partial charge in [-0.25, -0.2) is 4.98 Å². The molecule has 0 fully saturated rings. The van der Waals surface area contributed by atoms with Crippen LogP contribution in [0.15, 0.2) is 36.8 Å². The fourth-order valence-corrected chi connectivity index (χ4v) is 1.67. The summed E-state index contributed by atoms with van der Waals surface area (Å²) < 4.78 is 6.78. The number of rotatable bonds is 5. The zero-order valence-corrected chi connectivity index (χ0v) is 10.7. The Morgan fingerprint density at radius 2 is 2.37 bits per heavy atom. The third kappa shape index (κ3) is 3.56. The summed E-state index contributed by atoms with van der Waals surface area (Å²) in [5.74, 6) is 0.570. The average Bonchev–Trinajstić information content (AvgIpc) is 2.86. The summed E-state index contributed by atoms with van der Waals surface area (Å²) in [6.45, 7) is 0.564. The molecule has 0 aliphatic rings. The molecule has 6 nitrogen and oxygen atoms in total. The minimum atomic E-state index is -0.130. The van der Waals surface area contributed by atoms with E-state index in [2.05, 4.69) is 10.3 Å². The molecule has 0 saturated carbocycles. The van der Waals surface area contributed by atoms with Gasteiger partial charge in [-0.1, -0.05) is 6.07 Å². The number of benzene rings is 1. The van der Waals surface area contributed by atoms with Gasteiger partial charge in [0.05, 0.1) is 19.1 Å². The maximum atomic E-state index is 11.8. The molecule has 0 saturated heterocycles. The SMILES string of the molecule is COc1cccc(NC(=O)Cn2cnc(CN)c2)c1. The first-order chi connectivity index (χ1) is 9.21. The second kappa shape index (κ2) is 6.01. The van der Waals surface area contributed by atoms with Crippen molar-refractivity contribution in [1.82, 2.24) is 9.55 Å². The van der Waals surface area contributed by atoms with Crippen molar-refractivity contribution in [3.63, 3.8) is 0 Å². The molecule has 1 heterocycles. The van der Waals surface area contributed by atoms with E-state index in [9.17, 15) is 4.79 Å². The number of hydrogen-bond donors (Lipinski definition) is 2. The maximum absolute atomic E-state index is 11.8. The lowest BCUT2D eigenvalue weighted by Crippen LogP contribution is -2.17. The van der Waals surface area contributed by atoms with Crippen LogP contribution in [-0.2, 0) is 17.9 Å². The lowest BCUT2D eigenvalue weighted by Gasteiger charge is -2.07. The van der Waals surface area contributed by atoms with Gasteiger partial charge >= 0.3 is 0 Å². The predicted octanol–water partition coefficient (Wildman–Crippen LogP) is 0.989. The molecule has 0 unspecified atom stereocenters. The molecular weight excluding hydrogens is 244 g/mol. The van der Waals surface area contributed by atoms with Crippen molar-refractivity contribution < 1.29 is 9.53 Å². The Morgan fingerprint density at radius 1 is 1.53 bits per heavy atom. The van der Waals surface area contributed by atoms with Crippen LogP contribution in [0.25, 0.3) is 0 Å². The van der Waals surface area contributed by atoms with Crippen LogP contribution in [0.4, 0.5) is 5.69 Å². The van der Waals surface area contributed by atoms with Crippen molar-refractivity contribution in [2.24, 2.45) is 5.73 Å². The summed E-state index contributed by atoms with van der Waals surface area (Å²) in [5, 5.41) is 2.79. The van der Waals surface area contributed by atoms with Gasteiger partial charge in [0, 0.05) is 24.5 Å². The molecule has 2 aromatic rings. The highest BCUT2D eigenvalue weighted by molar-refractivity contribution is 5.90. The highest BCUT2D eigenvalue weighted by Crippen LogP contribution is 2.16. The van der Waals surface area contributed by atoms with E-state index in [1.807, 2.05) is 12.1 Å². The van der Waals surface area contributed by atoms with Crippen LogP contribution in [-0.4, -0.2) is 22.6 Å². The highest BCUT2D eigenvalue weighted by Gasteiger charge is 2.05. The average molecular weight is 260 g/mol. The summed E-state index contributed by atoms with van der Waals surface area (Å²) in [4.78, 5) is 15.9. The van der Waals surface area contributed by atoms with Crippen LogP contribution in [0.2, 0.25) is 0 Å². The van der Waals surface area contributed by atoms with Gasteiger partial charge < -0.3 is 20.4 Å². The number of aromatic nitrogens is 2. The monoisotopic (exact) mass is 260 g/mol. The van der Waals surface area contributed by atoms with E-state index in [-0.39, 0.29) is 12.5 Å². The molecule has 1 amide bonds. The highest BCUT2D eigenvalue weighted by atomic mass is 16.5. The fourth-order valence-electron chi connectivity index (χ4n) is 1.67. The quantitative estimate of drug-likeness (QED) is 0.840. The van der Waals surface area contributed by atoms with Crippen LogP contribution in [0.5, 0.6) is 5.75 Å². The summed E-state index contributed by atoms with van der Waals surface area (Å²) in [5.41, 5.74) is 6.92. The van der Waals surface area contributed by atoms with E-state index in [1.54, 1.807) is 36.3 Å². The standard InChI is InChI=1S/C13H16N4O2/c1-19-12-4-2-3-10(5-12)16-13(18)8-17-7-11(6-14)15-9-17/h2-5,7,9H,6,8,14H2,1H3,(H,16,18). The number of nitrogens with zero attached hydrogens (tertiary/aromatic N) is 2. The smallest absolute Gasteiger partial charge is 0.244 e. The van der Waals surface area contributed by atoms with Gasteiger partial charge in [0.2, 0.25) is 5.91 Å². The number of imidazole rings is 1. The molecule has 0 aliphatic heterocycles. The number of nitrogens with one attached hydrogen (secondary N) is 1. The Bertz CT molecular complexity index is 565. The van der Waals surface area contributed by atoms with Crippen LogP contribution in [0, 0.1) is 0 Å². The van der Waals surface area contributed by atoms with E-state index >= 15 is 0 Å². The predicted molar refractivity (Wildman–Crippen MR) is 71.7 cm³/mol. The minimum absolute atomic E-state index is 0.130. The van der Waals surface area contributed by atoms with Gasteiger partial charge in [-0.3, -0.25) is 4.79 Å². The first-order valence-corrected chi connectivity index (χ1v) is 5.86. The molecule has 0 atom stereocenters. The molecule has 1 aromatic carbocycles. The second-order valence-corrected chi connectivity index (χ2v) is 4.02. The molecule has 100 valence electrons. The van der Waals surface area contributed by atoms with Crippen LogP contribution >= 0.6 is 0 Å². The van der Waals surface area contributed by atoms with E-state index in [1.165, 1.54) is 0 Å². The minimum Gasteiger partial charge on any atom is -0.497 e. The number of ether oxygens (including phenoxy) is 1. The summed E-state index contributed by atoms with van der Waals surface area (Å²) in [7, 11) is 1.58. The Hall–Kier alpha value is -2.34. The largest absolute Gasteiger partial charge is 0.497 e. The van der Waals surface area contributed by atoms with Crippen molar-refractivity contribution in [2.45, 2.75) is 13.1 Å². The van der Waals surface area contributed by atoms with Crippen molar-refractivity contribution in [2.75, 3.05) is 12.4 Å². The van der Waals surface area contributed by atoms with E-state index < -0.39 is 0 Å². The summed E-state index contributed by atoms with van der Waals surface area (Å²) >= 11 is 0. The Morgan fingerprint density at radius 3 is 3.05 bits per heavy atom. The normalized spacial score (nSPS) is 10.2. The number of carbonyl (C=O) groups excluding carboxylic acids is 1. The van der Waals surface area contributed by atoms with Crippen molar-refractivity contribution in [3.05, 3.63) is 42.5 Å². The van der Waals surface area contributed by atoms with Gasteiger partial charge in [0.25, 0.3) is 0 Å². The van der Waals surface area contributed by atoms with Gasteiger partial charge in [0.1, 0.15) is 12.3 Å². The zero-order chi connectivity index (χ0) is 13.7. The third-order valence-corrected chi connectivity index (χ3v) is 2.58. The molecule has 2 rings (SSSR count). The molecule has 0 aliphatic carbocycles. The Balaban J connectivity index is 1.96. The van der Waals surface area contributed by atoms with E-state index in [0.717, 1.165) is 5.69 Å². The van der Waals surface area contributed by atoms with Gasteiger partial charge in [0.15, 0.2) is 0 Å². The summed E-state index contributed by atoms with van der Waals surface area (Å²) in [6, 6.07) is 7.20. The number of nitrogens with two attached hydrogens (primary N) is 1. The number of carbonyl (C=O) groups is 1. The number of methoxy groups -OCH3 is 1. The molecule has 19 heavy (non-hydrogen) atoms. The lowest BCUT2D eigenvalue weighted by molar-refractivity contribution is -0.116. The molecule has 1 aromatic heterocycles. The van der Waals surface area contributed by atoms with Crippen molar-refractivity contribution >= 4 is 11.6 Å². The van der Waals surface area contributed by atoms with Crippen molar-refractivity contribution in [1.29, 1.82) is 0 Å². The molecule has 0 spiro atoms. The lowest BCUT2D eigenvalue weighted by atomic mass is 10.3. The third-order valence-electron chi connectivity index (χ3n) is 2.58. The molecule has 0 bridgehead atoms. The van der Waals surface area contributed by atoms with Crippen LogP contribution in [0.1, 0.15) is 5.69 Å². The molecular formula is C13H16N4O2. The van der Waals surface area contributed by atoms with Crippen LogP contribution in [0.3, 0.4) is 0 Å². The first-order valence-electron chi connectivity index (χ1n) is 5.86. The second-order valence-electron chi connectivity index (χ2n) is 4.02. The van der Waals surface area contributed by atoms with Crippen molar-refractivity contribution in [3.8, 4) is 5.75 Å². The first kappa shape index (κ1) is 13.1. The zero-order valence-electron chi connectivity index (χ0n) is 10.7. The maximum Gasteiger partial charge on any atom is 0.244 e. The van der Waals surface area contributed by atoms with Crippen LogP contribution < -0.4 is 15.8 Å². The Kier molecular flexibility index (Phi) is 4.15. The molecule has 0 radical (unpaired) electrons. The van der Waals surface area contributed by atoms with Gasteiger partial charge in [-0.15, -0.1) is 0 Å². The van der Waals surface area contributed by atoms with Gasteiger partial charge in [-0.05, 0) is 12.1 Å². The Labute approximate surface area is 111 Å². The summed E-state index contributed by atoms with van der Waals surface area (Å²) in [6.07, 6.45) is 3.35.